The maximum absolute atomic E-state index is 11.5. The van der Waals surface area contributed by atoms with Crippen LogP contribution < -0.4 is 0 Å². The molecular formula is C16H28N2O2. The first-order valence-corrected chi connectivity index (χ1v) is 7.90. The van der Waals surface area contributed by atoms with E-state index in [1.54, 1.807) is 0 Å². The normalized spacial score (nSPS) is 26.6. The molecule has 0 atom stereocenters. The Morgan fingerprint density at radius 2 is 1.25 bits per heavy atom. The molecule has 0 spiro atoms. The van der Waals surface area contributed by atoms with Crippen molar-refractivity contribution in [2.24, 2.45) is 10.2 Å². The van der Waals surface area contributed by atoms with Gasteiger partial charge in [0.1, 0.15) is 0 Å². The summed E-state index contributed by atoms with van der Waals surface area (Å²) in [5.74, 6) is -0.0427. The summed E-state index contributed by atoms with van der Waals surface area (Å²) in [7, 11) is 0. The zero-order valence-corrected chi connectivity index (χ0v) is 13.0. The Morgan fingerprint density at radius 3 is 1.90 bits per heavy atom. The molecule has 114 valence electrons. The molecule has 1 aliphatic heterocycles. The van der Waals surface area contributed by atoms with Gasteiger partial charge in [0.15, 0.2) is 0 Å². The second kappa shape index (κ2) is 10.6. The third kappa shape index (κ3) is 8.83. The van der Waals surface area contributed by atoms with Crippen LogP contribution >= 0.6 is 0 Å². The summed E-state index contributed by atoms with van der Waals surface area (Å²) in [5, 5.41) is 8.57. The van der Waals surface area contributed by atoms with Gasteiger partial charge in [0.2, 0.25) is 0 Å². The molecule has 0 aliphatic carbocycles. The van der Waals surface area contributed by atoms with Gasteiger partial charge in [-0.2, -0.15) is 10.2 Å². The highest BCUT2D eigenvalue weighted by atomic mass is 16.5. The summed E-state index contributed by atoms with van der Waals surface area (Å²) in [6.45, 7) is 4.65. The van der Waals surface area contributed by atoms with E-state index in [-0.39, 0.29) is 5.97 Å². The van der Waals surface area contributed by atoms with Crippen LogP contribution in [0.5, 0.6) is 0 Å². The van der Waals surface area contributed by atoms with Crippen LogP contribution in [0, 0.1) is 0 Å². The molecule has 1 rings (SSSR count). The summed E-state index contributed by atoms with van der Waals surface area (Å²) in [6, 6.07) is 0. The number of nitrogens with zero attached hydrogens (tertiary/aromatic N) is 2. The van der Waals surface area contributed by atoms with Crippen LogP contribution in [0.3, 0.4) is 0 Å². The second-order valence-electron chi connectivity index (χ2n) is 5.62. The molecular weight excluding hydrogens is 252 g/mol. The van der Waals surface area contributed by atoms with E-state index in [9.17, 15) is 4.79 Å². The van der Waals surface area contributed by atoms with E-state index >= 15 is 0 Å². The Balaban J connectivity index is 2.42. The minimum absolute atomic E-state index is 0.0427. The molecule has 0 N–H and O–H groups in total. The number of carbonyl (C=O) groups excluding carboxylic acids is 1. The summed E-state index contributed by atoms with van der Waals surface area (Å²) >= 11 is 0. The lowest BCUT2D eigenvalue weighted by molar-refractivity contribution is -0.143. The number of hydrogen-bond donors (Lipinski definition) is 0. The molecule has 0 bridgehead atoms. The van der Waals surface area contributed by atoms with Crippen molar-refractivity contribution in [1.82, 2.24) is 0 Å². The van der Waals surface area contributed by atoms with Crippen molar-refractivity contribution in [3.63, 3.8) is 0 Å². The van der Waals surface area contributed by atoms with E-state index in [0.29, 0.717) is 13.0 Å². The molecule has 0 fully saturated rings. The Hall–Kier alpha value is -1.19. The SMILES string of the molecule is C/C1=N/N=C(/C)CCCCCC(=O)OCCCCCC1. The van der Waals surface area contributed by atoms with Gasteiger partial charge in [-0.25, -0.2) is 0 Å². The average molecular weight is 280 g/mol. The summed E-state index contributed by atoms with van der Waals surface area (Å²) in [6.07, 6.45) is 9.93. The van der Waals surface area contributed by atoms with Gasteiger partial charge in [0, 0.05) is 17.8 Å². The lowest BCUT2D eigenvalue weighted by Crippen LogP contribution is -2.05. The number of cyclic esters (lactones) is 1. The Bertz CT molecular complexity index is 348. The van der Waals surface area contributed by atoms with Gasteiger partial charge < -0.3 is 4.74 Å². The highest BCUT2D eigenvalue weighted by molar-refractivity contribution is 5.85. The fourth-order valence-corrected chi connectivity index (χ4v) is 2.19. The first-order valence-electron chi connectivity index (χ1n) is 7.90. The van der Waals surface area contributed by atoms with Crippen LogP contribution in [0.25, 0.3) is 0 Å². The van der Waals surface area contributed by atoms with Gasteiger partial charge in [-0.15, -0.1) is 0 Å². The number of carbonyl (C=O) groups is 1. The van der Waals surface area contributed by atoms with Gasteiger partial charge in [-0.3, -0.25) is 4.79 Å². The van der Waals surface area contributed by atoms with Crippen molar-refractivity contribution < 1.29 is 9.53 Å². The maximum atomic E-state index is 11.5. The Morgan fingerprint density at radius 1 is 0.750 bits per heavy atom. The van der Waals surface area contributed by atoms with Crippen LogP contribution in [-0.4, -0.2) is 24.0 Å². The third-order valence-corrected chi connectivity index (χ3v) is 3.51. The maximum Gasteiger partial charge on any atom is 0.305 e. The average Bonchev–Trinajstić information content (AvgIpc) is 2.43. The molecule has 0 aromatic carbocycles. The minimum Gasteiger partial charge on any atom is -0.466 e. The lowest BCUT2D eigenvalue weighted by atomic mass is 10.1. The van der Waals surface area contributed by atoms with Crippen LogP contribution in [0.15, 0.2) is 10.2 Å². The van der Waals surface area contributed by atoms with Gasteiger partial charge in [-0.1, -0.05) is 19.3 Å². The van der Waals surface area contributed by atoms with E-state index in [1.807, 2.05) is 13.8 Å². The highest BCUT2D eigenvalue weighted by Gasteiger charge is 2.03. The monoisotopic (exact) mass is 280 g/mol. The molecule has 1 heterocycles. The molecule has 4 nitrogen and oxygen atoms in total. The van der Waals surface area contributed by atoms with Crippen LogP contribution in [0.4, 0.5) is 0 Å². The highest BCUT2D eigenvalue weighted by Crippen LogP contribution is 2.08. The van der Waals surface area contributed by atoms with E-state index in [4.69, 9.17) is 4.74 Å². The number of hydrogen-bond acceptors (Lipinski definition) is 4. The first-order chi connectivity index (χ1) is 9.68. The van der Waals surface area contributed by atoms with Gasteiger partial charge in [0.05, 0.1) is 6.61 Å². The molecule has 0 aromatic rings. The van der Waals surface area contributed by atoms with Crippen LogP contribution in [0.2, 0.25) is 0 Å². The van der Waals surface area contributed by atoms with Crippen molar-refractivity contribution >= 4 is 17.4 Å². The Kier molecular flexibility index (Phi) is 8.92. The van der Waals surface area contributed by atoms with E-state index in [1.165, 1.54) is 0 Å². The minimum atomic E-state index is -0.0427. The van der Waals surface area contributed by atoms with Crippen molar-refractivity contribution in [3.05, 3.63) is 0 Å². The standard InChI is InChI=1S/C16H28N2O2/c1-14-10-6-3-4-9-13-20-16(19)12-8-5-7-11-15(2)18-17-14/h3-13H2,1-2H3/b17-14-,18-15-. The molecule has 20 heavy (non-hydrogen) atoms. The topological polar surface area (TPSA) is 51.0 Å². The fraction of sp³-hybridized carbons (Fsp3) is 0.812. The zero-order chi connectivity index (χ0) is 14.6. The number of rotatable bonds is 0. The Labute approximate surface area is 122 Å². The largest absolute Gasteiger partial charge is 0.466 e. The van der Waals surface area contributed by atoms with Crippen LogP contribution in [-0.2, 0) is 9.53 Å². The molecule has 0 amide bonds. The van der Waals surface area contributed by atoms with Crippen molar-refractivity contribution in [2.45, 2.75) is 78.1 Å². The smallest absolute Gasteiger partial charge is 0.305 e. The molecule has 0 aromatic heterocycles. The zero-order valence-electron chi connectivity index (χ0n) is 13.0. The molecule has 0 unspecified atom stereocenters. The molecule has 0 radical (unpaired) electrons. The predicted octanol–water partition coefficient (Wildman–Crippen LogP) is 4.28. The van der Waals surface area contributed by atoms with Gasteiger partial charge in [-0.05, 0) is 52.4 Å². The molecule has 0 saturated heterocycles. The molecule has 0 saturated carbocycles. The number of ether oxygens (including phenoxy) is 1. The lowest BCUT2D eigenvalue weighted by Gasteiger charge is -2.04. The quantitative estimate of drug-likeness (QED) is 0.622. The fourth-order valence-electron chi connectivity index (χ4n) is 2.19. The van der Waals surface area contributed by atoms with Gasteiger partial charge >= 0.3 is 5.97 Å². The predicted molar refractivity (Wildman–Crippen MR) is 83.3 cm³/mol. The molecule has 1 aliphatic rings. The van der Waals surface area contributed by atoms with Gasteiger partial charge in [0.25, 0.3) is 0 Å². The third-order valence-electron chi connectivity index (χ3n) is 3.51. The van der Waals surface area contributed by atoms with Crippen LogP contribution in [0.1, 0.15) is 78.1 Å². The molecule has 4 heteroatoms. The van der Waals surface area contributed by atoms with E-state index in [0.717, 1.165) is 69.2 Å². The van der Waals surface area contributed by atoms with Crippen molar-refractivity contribution in [3.8, 4) is 0 Å². The number of esters is 1. The van der Waals surface area contributed by atoms with E-state index in [2.05, 4.69) is 10.2 Å². The first kappa shape index (κ1) is 16.9. The summed E-state index contributed by atoms with van der Waals surface area (Å²) in [5.41, 5.74) is 2.19. The van der Waals surface area contributed by atoms with E-state index < -0.39 is 0 Å². The second-order valence-corrected chi connectivity index (χ2v) is 5.62. The summed E-state index contributed by atoms with van der Waals surface area (Å²) in [4.78, 5) is 11.5. The van der Waals surface area contributed by atoms with Crippen molar-refractivity contribution in [1.29, 1.82) is 0 Å². The summed E-state index contributed by atoms with van der Waals surface area (Å²) < 4.78 is 5.22. The van der Waals surface area contributed by atoms with Crippen molar-refractivity contribution in [2.75, 3.05) is 6.61 Å².